The minimum Gasteiger partial charge on any atom is -0.326 e. The highest BCUT2D eigenvalue weighted by molar-refractivity contribution is 6.36. The fourth-order valence-electron chi connectivity index (χ4n) is 1.37. The molecular weight excluding hydrogens is 242 g/mol. The van der Waals surface area contributed by atoms with Gasteiger partial charge in [-0.2, -0.15) is 0 Å². The zero-order valence-corrected chi connectivity index (χ0v) is 9.08. The van der Waals surface area contributed by atoms with Crippen LogP contribution in [0.5, 0.6) is 0 Å². The van der Waals surface area contributed by atoms with Crippen LogP contribution >= 0.6 is 23.2 Å². The Morgan fingerprint density at radius 1 is 1.40 bits per heavy atom. The van der Waals surface area contributed by atoms with Gasteiger partial charge in [0.05, 0.1) is 5.39 Å². The smallest absolute Gasteiger partial charge is 0.259 e. The molecule has 3 nitrogen and oxygen atoms in total. The minimum absolute atomic E-state index is 0.0177. The van der Waals surface area contributed by atoms with Crippen LogP contribution in [-0.2, 0) is 0 Å². The SMILES string of the molecule is Cc1cc2c(F)c(Cl)nc(Cl)c2c(=O)[nH]1. The van der Waals surface area contributed by atoms with Gasteiger partial charge >= 0.3 is 0 Å². The summed E-state index contributed by atoms with van der Waals surface area (Å²) in [6.07, 6.45) is 0. The molecule has 0 aliphatic carbocycles. The lowest BCUT2D eigenvalue weighted by Gasteiger charge is -2.03. The number of fused-ring (bicyclic) bond motifs is 1. The summed E-state index contributed by atoms with van der Waals surface area (Å²) in [5, 5.41) is -0.333. The normalized spacial score (nSPS) is 10.9. The van der Waals surface area contributed by atoms with Gasteiger partial charge in [0.1, 0.15) is 5.15 Å². The van der Waals surface area contributed by atoms with E-state index in [0.29, 0.717) is 5.69 Å². The molecule has 2 aromatic heterocycles. The zero-order chi connectivity index (χ0) is 11.2. The van der Waals surface area contributed by atoms with Crippen molar-refractivity contribution in [2.45, 2.75) is 6.92 Å². The molecule has 0 aromatic carbocycles. The molecule has 15 heavy (non-hydrogen) atoms. The first-order valence-corrected chi connectivity index (χ1v) is 4.80. The third kappa shape index (κ3) is 1.60. The number of aromatic amines is 1. The van der Waals surface area contributed by atoms with Crippen molar-refractivity contribution < 1.29 is 4.39 Å². The van der Waals surface area contributed by atoms with Crippen LogP contribution in [0.1, 0.15) is 5.69 Å². The molecule has 0 aliphatic heterocycles. The predicted molar refractivity (Wildman–Crippen MR) is 57.1 cm³/mol. The zero-order valence-electron chi connectivity index (χ0n) is 7.57. The van der Waals surface area contributed by atoms with Crippen molar-refractivity contribution in [3.05, 3.63) is 38.2 Å². The first-order chi connectivity index (χ1) is 7.00. The van der Waals surface area contributed by atoms with E-state index >= 15 is 0 Å². The number of pyridine rings is 2. The fourth-order valence-corrected chi connectivity index (χ4v) is 1.87. The Hall–Kier alpha value is -1.13. The summed E-state index contributed by atoms with van der Waals surface area (Å²) in [7, 11) is 0. The van der Waals surface area contributed by atoms with Crippen molar-refractivity contribution >= 4 is 34.0 Å². The van der Waals surface area contributed by atoms with Gasteiger partial charge in [-0.05, 0) is 13.0 Å². The van der Waals surface area contributed by atoms with E-state index in [4.69, 9.17) is 23.2 Å². The van der Waals surface area contributed by atoms with Gasteiger partial charge in [0.15, 0.2) is 11.0 Å². The van der Waals surface area contributed by atoms with E-state index in [1.807, 2.05) is 0 Å². The van der Waals surface area contributed by atoms with Crippen LogP contribution in [0.4, 0.5) is 4.39 Å². The van der Waals surface area contributed by atoms with E-state index in [0.717, 1.165) is 0 Å². The second kappa shape index (κ2) is 3.47. The summed E-state index contributed by atoms with van der Waals surface area (Å²) in [5.74, 6) is -0.731. The molecule has 0 atom stereocenters. The molecule has 78 valence electrons. The van der Waals surface area contributed by atoms with E-state index < -0.39 is 11.4 Å². The average molecular weight is 247 g/mol. The van der Waals surface area contributed by atoms with E-state index in [1.54, 1.807) is 6.92 Å². The lowest BCUT2D eigenvalue weighted by Crippen LogP contribution is -2.09. The molecule has 0 radical (unpaired) electrons. The molecule has 2 heterocycles. The van der Waals surface area contributed by atoms with Gasteiger partial charge in [-0.25, -0.2) is 9.37 Å². The Morgan fingerprint density at radius 3 is 2.73 bits per heavy atom. The lowest BCUT2D eigenvalue weighted by molar-refractivity contribution is 0.634. The predicted octanol–water partition coefficient (Wildman–Crippen LogP) is 2.68. The highest BCUT2D eigenvalue weighted by Gasteiger charge is 2.14. The van der Waals surface area contributed by atoms with Crippen LogP contribution < -0.4 is 5.56 Å². The number of nitrogens with one attached hydrogen (secondary N) is 1. The fraction of sp³-hybridized carbons (Fsp3) is 0.111. The van der Waals surface area contributed by atoms with E-state index in [9.17, 15) is 9.18 Å². The Morgan fingerprint density at radius 2 is 2.07 bits per heavy atom. The van der Waals surface area contributed by atoms with E-state index in [2.05, 4.69) is 9.97 Å². The first kappa shape index (κ1) is 10.4. The Kier molecular flexibility index (Phi) is 2.40. The summed E-state index contributed by atoms with van der Waals surface area (Å²) in [4.78, 5) is 17.5. The van der Waals surface area contributed by atoms with Gasteiger partial charge < -0.3 is 4.98 Å². The van der Waals surface area contributed by atoms with Crippen molar-refractivity contribution in [3.8, 4) is 0 Å². The van der Waals surface area contributed by atoms with Crippen LogP contribution in [0.25, 0.3) is 10.8 Å². The molecule has 2 rings (SSSR count). The van der Waals surface area contributed by atoms with E-state index in [1.165, 1.54) is 6.07 Å². The van der Waals surface area contributed by atoms with Gasteiger partial charge in [0.25, 0.3) is 5.56 Å². The summed E-state index contributed by atoms with van der Waals surface area (Å²) >= 11 is 11.2. The van der Waals surface area contributed by atoms with Crippen molar-refractivity contribution in [1.29, 1.82) is 0 Å². The molecule has 0 fully saturated rings. The molecule has 0 unspecified atom stereocenters. The lowest BCUT2D eigenvalue weighted by atomic mass is 10.2. The molecule has 0 aliphatic rings. The second-order valence-corrected chi connectivity index (χ2v) is 3.79. The number of hydrogen-bond donors (Lipinski definition) is 1. The van der Waals surface area contributed by atoms with Crippen LogP contribution in [0, 0.1) is 12.7 Å². The average Bonchev–Trinajstić information content (AvgIpc) is 2.12. The minimum atomic E-state index is -0.731. The topological polar surface area (TPSA) is 45.8 Å². The van der Waals surface area contributed by atoms with Gasteiger partial charge in [-0.15, -0.1) is 0 Å². The van der Waals surface area contributed by atoms with Crippen molar-refractivity contribution in [2.75, 3.05) is 0 Å². The monoisotopic (exact) mass is 246 g/mol. The number of nitrogens with zero attached hydrogens (tertiary/aromatic N) is 1. The van der Waals surface area contributed by atoms with Crippen LogP contribution in [0.15, 0.2) is 10.9 Å². The summed E-state index contributed by atoms with van der Waals surface area (Å²) in [6, 6.07) is 1.46. The number of halogens is 3. The standard InChI is InChI=1S/C9H5Cl2FN2O/c1-3-2-4-5(9(15)13-3)7(10)14-8(11)6(4)12/h2H,1H3,(H,13,15). The molecular formula is C9H5Cl2FN2O. The van der Waals surface area contributed by atoms with Crippen molar-refractivity contribution in [3.63, 3.8) is 0 Å². The highest BCUT2D eigenvalue weighted by atomic mass is 35.5. The number of rotatable bonds is 0. The van der Waals surface area contributed by atoms with E-state index in [-0.39, 0.29) is 21.1 Å². The molecule has 0 saturated carbocycles. The van der Waals surface area contributed by atoms with Crippen LogP contribution in [0.2, 0.25) is 10.3 Å². The number of hydrogen-bond acceptors (Lipinski definition) is 2. The number of aryl methyl sites for hydroxylation is 1. The Labute approximate surface area is 93.9 Å². The van der Waals surface area contributed by atoms with Crippen LogP contribution in [-0.4, -0.2) is 9.97 Å². The third-order valence-electron chi connectivity index (χ3n) is 1.99. The van der Waals surface area contributed by atoms with Gasteiger partial charge in [0.2, 0.25) is 0 Å². The summed E-state index contributed by atoms with van der Waals surface area (Å²) < 4.78 is 13.5. The molecule has 2 aromatic rings. The molecule has 0 bridgehead atoms. The highest BCUT2D eigenvalue weighted by Crippen LogP contribution is 2.25. The van der Waals surface area contributed by atoms with Crippen molar-refractivity contribution in [2.24, 2.45) is 0 Å². The summed E-state index contributed by atoms with van der Waals surface area (Å²) in [5.41, 5.74) is 0.0581. The molecule has 1 N–H and O–H groups in total. The van der Waals surface area contributed by atoms with Crippen molar-refractivity contribution in [1.82, 2.24) is 9.97 Å². The van der Waals surface area contributed by atoms with Gasteiger partial charge in [0, 0.05) is 11.1 Å². The van der Waals surface area contributed by atoms with Crippen LogP contribution in [0.3, 0.4) is 0 Å². The molecule has 0 spiro atoms. The van der Waals surface area contributed by atoms with Gasteiger partial charge in [-0.1, -0.05) is 23.2 Å². The third-order valence-corrected chi connectivity index (χ3v) is 2.51. The maximum absolute atomic E-state index is 13.5. The Bertz CT molecular complexity index is 609. The summed E-state index contributed by atoms with van der Waals surface area (Å²) in [6.45, 7) is 1.64. The Balaban J connectivity index is 3.10. The number of H-pyrrole nitrogens is 1. The first-order valence-electron chi connectivity index (χ1n) is 4.05. The largest absolute Gasteiger partial charge is 0.326 e. The maximum Gasteiger partial charge on any atom is 0.259 e. The number of aromatic nitrogens is 2. The molecule has 0 saturated heterocycles. The second-order valence-electron chi connectivity index (χ2n) is 3.08. The maximum atomic E-state index is 13.5. The van der Waals surface area contributed by atoms with Gasteiger partial charge in [-0.3, -0.25) is 4.79 Å². The molecule has 6 heteroatoms. The molecule has 0 amide bonds. The quantitative estimate of drug-likeness (QED) is 0.727.